The van der Waals surface area contributed by atoms with Gasteiger partial charge in [0.15, 0.2) is 0 Å². The average molecular weight is 395 g/mol. The van der Waals surface area contributed by atoms with Crippen molar-refractivity contribution in [2.45, 2.75) is 32.4 Å². The van der Waals surface area contributed by atoms with Gasteiger partial charge in [-0.05, 0) is 38.0 Å². The highest BCUT2D eigenvalue weighted by Gasteiger charge is 2.17. The summed E-state index contributed by atoms with van der Waals surface area (Å²) in [5, 5.41) is 10.9. The zero-order chi connectivity index (χ0) is 20.4. The minimum atomic E-state index is -0.219. The van der Waals surface area contributed by atoms with Gasteiger partial charge in [-0.2, -0.15) is 5.10 Å². The van der Waals surface area contributed by atoms with E-state index in [2.05, 4.69) is 21.8 Å². The molecule has 1 fully saturated rings. The minimum Gasteiger partial charge on any atom is -0.376 e. The lowest BCUT2D eigenvalue weighted by molar-refractivity contribution is -0.122. The first-order chi connectivity index (χ1) is 14.0. The van der Waals surface area contributed by atoms with Crippen molar-refractivity contribution >= 4 is 28.4 Å². The highest BCUT2D eigenvalue weighted by atomic mass is 16.5. The molecule has 1 aromatic carbocycles. The third-order valence-corrected chi connectivity index (χ3v) is 5.18. The third-order valence-electron chi connectivity index (χ3n) is 5.18. The Morgan fingerprint density at radius 1 is 1.31 bits per heavy atom. The van der Waals surface area contributed by atoms with E-state index in [1.807, 2.05) is 36.7 Å². The highest BCUT2D eigenvalue weighted by molar-refractivity contribution is 6.06. The van der Waals surface area contributed by atoms with E-state index in [-0.39, 0.29) is 24.5 Å². The second-order valence-electron chi connectivity index (χ2n) is 7.47. The van der Waals surface area contributed by atoms with Gasteiger partial charge >= 0.3 is 0 Å². The van der Waals surface area contributed by atoms with Gasteiger partial charge in [-0.25, -0.2) is 0 Å². The maximum atomic E-state index is 12.7. The Labute approximate surface area is 168 Å². The van der Waals surface area contributed by atoms with Gasteiger partial charge in [-0.3, -0.25) is 14.3 Å². The third kappa shape index (κ3) is 4.32. The van der Waals surface area contributed by atoms with Crippen molar-refractivity contribution in [2.75, 3.05) is 18.5 Å². The lowest BCUT2D eigenvalue weighted by atomic mass is 10.2. The van der Waals surface area contributed by atoms with Crippen molar-refractivity contribution in [3.63, 3.8) is 0 Å². The van der Waals surface area contributed by atoms with Crippen LogP contribution in [0.15, 0.2) is 36.7 Å². The predicted octanol–water partition coefficient (Wildman–Crippen LogP) is 2.23. The van der Waals surface area contributed by atoms with Gasteiger partial charge < -0.3 is 19.9 Å². The van der Waals surface area contributed by atoms with Crippen LogP contribution < -0.4 is 10.6 Å². The quantitative estimate of drug-likeness (QED) is 0.670. The number of aromatic nitrogens is 3. The van der Waals surface area contributed by atoms with Crippen LogP contribution in [0.5, 0.6) is 0 Å². The lowest BCUT2D eigenvalue weighted by Gasteiger charge is -2.10. The lowest BCUT2D eigenvalue weighted by Crippen LogP contribution is -2.34. The van der Waals surface area contributed by atoms with Crippen LogP contribution in [0, 0.1) is 6.92 Å². The molecule has 4 rings (SSSR count). The van der Waals surface area contributed by atoms with E-state index in [9.17, 15) is 9.59 Å². The highest BCUT2D eigenvalue weighted by Crippen LogP contribution is 2.21. The number of fused-ring (bicyclic) bond motifs is 1. The van der Waals surface area contributed by atoms with Crippen LogP contribution in [0.4, 0.5) is 5.69 Å². The van der Waals surface area contributed by atoms with E-state index in [4.69, 9.17) is 4.74 Å². The Balaban J connectivity index is 1.36. The second kappa shape index (κ2) is 8.08. The molecule has 2 aromatic heterocycles. The Kier molecular flexibility index (Phi) is 5.35. The van der Waals surface area contributed by atoms with Gasteiger partial charge in [0.2, 0.25) is 5.91 Å². The summed E-state index contributed by atoms with van der Waals surface area (Å²) in [6.07, 6.45) is 5.32. The molecule has 3 aromatic rings. The molecule has 29 heavy (non-hydrogen) atoms. The molecule has 1 saturated heterocycles. The molecular weight excluding hydrogens is 370 g/mol. The number of rotatable bonds is 6. The van der Waals surface area contributed by atoms with E-state index in [1.165, 1.54) is 10.9 Å². The molecule has 2 N–H and O–H groups in total. The maximum Gasteiger partial charge on any atom is 0.272 e. The van der Waals surface area contributed by atoms with Crippen LogP contribution in [0.2, 0.25) is 0 Å². The fourth-order valence-corrected chi connectivity index (χ4v) is 3.63. The van der Waals surface area contributed by atoms with Gasteiger partial charge in [-0.15, -0.1) is 0 Å². The number of carbonyl (C=O) groups is 2. The number of carbonyl (C=O) groups excluding carboxylic acids is 2. The number of nitrogens with zero attached hydrogens (tertiary/aromatic N) is 3. The topological polar surface area (TPSA) is 90.2 Å². The van der Waals surface area contributed by atoms with Gasteiger partial charge in [0.25, 0.3) is 5.91 Å². The molecule has 1 aliphatic rings. The van der Waals surface area contributed by atoms with Crippen LogP contribution in [0.1, 0.15) is 28.9 Å². The molecule has 0 radical (unpaired) electrons. The monoisotopic (exact) mass is 395 g/mol. The number of aryl methyl sites for hydroxylation is 2. The minimum absolute atomic E-state index is 0.0932. The average Bonchev–Trinajstić information content (AvgIpc) is 3.41. The van der Waals surface area contributed by atoms with Crippen molar-refractivity contribution in [1.82, 2.24) is 19.7 Å². The fraction of sp³-hybridized carbons (Fsp3) is 0.381. The summed E-state index contributed by atoms with van der Waals surface area (Å²) in [6.45, 7) is 3.40. The fourth-order valence-electron chi connectivity index (χ4n) is 3.63. The van der Waals surface area contributed by atoms with Crippen molar-refractivity contribution < 1.29 is 14.3 Å². The predicted molar refractivity (Wildman–Crippen MR) is 110 cm³/mol. The van der Waals surface area contributed by atoms with Crippen molar-refractivity contribution in [2.24, 2.45) is 7.05 Å². The van der Waals surface area contributed by atoms with E-state index in [0.717, 1.165) is 35.9 Å². The maximum absolute atomic E-state index is 12.7. The van der Waals surface area contributed by atoms with Crippen LogP contribution in [-0.4, -0.2) is 45.4 Å². The summed E-state index contributed by atoms with van der Waals surface area (Å²) in [5.74, 6) is -0.353. The number of hydrogen-bond acceptors (Lipinski definition) is 4. The van der Waals surface area contributed by atoms with Gasteiger partial charge in [-0.1, -0.05) is 11.6 Å². The molecule has 0 saturated carbocycles. The SMILES string of the molecule is Cc1ccc2c(c1)cc(C(=O)Nc1cnn(CC(=O)NC[C@@H]3CCCO3)c1)n2C. The van der Waals surface area contributed by atoms with Crippen LogP contribution in [0.25, 0.3) is 10.9 Å². The summed E-state index contributed by atoms with van der Waals surface area (Å²) in [4.78, 5) is 24.8. The van der Waals surface area contributed by atoms with Crippen LogP contribution in [-0.2, 0) is 23.1 Å². The molecule has 1 atom stereocenters. The summed E-state index contributed by atoms with van der Waals surface area (Å²) < 4.78 is 8.87. The second-order valence-corrected chi connectivity index (χ2v) is 7.47. The number of nitrogens with one attached hydrogen (secondary N) is 2. The molecular formula is C21H25N5O3. The van der Waals surface area contributed by atoms with Gasteiger partial charge in [0.05, 0.1) is 18.0 Å². The van der Waals surface area contributed by atoms with E-state index >= 15 is 0 Å². The Hall–Kier alpha value is -3.13. The van der Waals surface area contributed by atoms with Crippen LogP contribution in [0.3, 0.4) is 0 Å². The first-order valence-corrected chi connectivity index (χ1v) is 9.78. The molecule has 0 bridgehead atoms. The smallest absolute Gasteiger partial charge is 0.272 e. The first-order valence-electron chi connectivity index (χ1n) is 9.78. The molecule has 2 amide bonds. The molecule has 0 aliphatic carbocycles. The molecule has 0 spiro atoms. The molecule has 152 valence electrons. The van der Waals surface area contributed by atoms with Crippen molar-refractivity contribution in [3.8, 4) is 0 Å². The Morgan fingerprint density at radius 3 is 2.97 bits per heavy atom. The number of ether oxygens (including phenoxy) is 1. The summed E-state index contributed by atoms with van der Waals surface area (Å²) >= 11 is 0. The van der Waals surface area contributed by atoms with Crippen molar-refractivity contribution in [3.05, 3.63) is 47.9 Å². The standard InChI is InChI=1S/C21H25N5O3/c1-14-5-6-18-15(8-14)9-19(25(18)2)21(28)24-16-10-23-26(12-16)13-20(27)22-11-17-4-3-7-29-17/h5-6,8-10,12,17H,3-4,7,11,13H2,1-2H3,(H,22,27)(H,24,28)/t17-/m0/s1. The zero-order valence-corrected chi connectivity index (χ0v) is 16.6. The van der Waals surface area contributed by atoms with Crippen LogP contribution >= 0.6 is 0 Å². The molecule has 8 nitrogen and oxygen atoms in total. The van der Waals surface area contributed by atoms with Gasteiger partial charge in [0, 0.05) is 37.3 Å². The summed E-state index contributed by atoms with van der Waals surface area (Å²) in [6, 6.07) is 7.96. The number of benzene rings is 1. The number of anilines is 1. The molecule has 3 heterocycles. The Morgan fingerprint density at radius 2 is 2.17 bits per heavy atom. The number of hydrogen-bond donors (Lipinski definition) is 2. The molecule has 1 aliphatic heterocycles. The van der Waals surface area contributed by atoms with E-state index in [1.54, 1.807) is 6.20 Å². The van der Waals surface area contributed by atoms with E-state index in [0.29, 0.717) is 17.9 Å². The van der Waals surface area contributed by atoms with Crippen molar-refractivity contribution in [1.29, 1.82) is 0 Å². The van der Waals surface area contributed by atoms with E-state index < -0.39 is 0 Å². The largest absolute Gasteiger partial charge is 0.376 e. The molecule has 8 heteroatoms. The summed E-state index contributed by atoms with van der Waals surface area (Å²) in [7, 11) is 1.87. The Bertz CT molecular complexity index is 1050. The summed E-state index contributed by atoms with van der Waals surface area (Å²) in [5.41, 5.74) is 3.25. The molecule has 0 unspecified atom stereocenters. The zero-order valence-electron chi connectivity index (χ0n) is 16.6. The first kappa shape index (κ1) is 19.2. The number of amides is 2. The van der Waals surface area contributed by atoms with Gasteiger partial charge in [0.1, 0.15) is 12.2 Å². The normalized spacial score (nSPS) is 16.3.